The summed E-state index contributed by atoms with van der Waals surface area (Å²) >= 11 is 0. The van der Waals surface area contributed by atoms with Gasteiger partial charge in [-0.2, -0.15) is 0 Å². The Bertz CT molecular complexity index is 1110. The van der Waals surface area contributed by atoms with Crippen molar-refractivity contribution in [2.75, 3.05) is 17.2 Å². The minimum Gasteiger partial charge on any atom is -0.372 e. The minimum absolute atomic E-state index is 0.0557. The molecule has 2 atom stereocenters. The van der Waals surface area contributed by atoms with E-state index in [0.29, 0.717) is 35.1 Å². The fourth-order valence-electron chi connectivity index (χ4n) is 3.72. The molecule has 2 aromatic rings. The van der Waals surface area contributed by atoms with Gasteiger partial charge in [0.15, 0.2) is 6.17 Å². The van der Waals surface area contributed by atoms with Crippen LogP contribution >= 0.6 is 0 Å². The Kier molecular flexibility index (Phi) is 6.37. The summed E-state index contributed by atoms with van der Waals surface area (Å²) in [4.78, 5) is 24.7. The second kappa shape index (κ2) is 9.22. The molecule has 1 saturated heterocycles. The summed E-state index contributed by atoms with van der Waals surface area (Å²) in [5, 5.41) is 8.44. The first kappa shape index (κ1) is 22.8. The minimum atomic E-state index is -3.05. The molecular weight excluding hydrogens is 430 g/mol. The van der Waals surface area contributed by atoms with Crippen LogP contribution in [0.2, 0.25) is 0 Å². The highest BCUT2D eigenvalue weighted by Crippen LogP contribution is 2.32. The van der Waals surface area contributed by atoms with E-state index in [9.17, 15) is 13.6 Å². The maximum atomic E-state index is 13.9. The number of carbonyl (C=O) groups is 1. The molecule has 4 rings (SSSR count). The van der Waals surface area contributed by atoms with Crippen molar-refractivity contribution >= 4 is 23.2 Å². The van der Waals surface area contributed by atoms with Crippen molar-refractivity contribution in [3.8, 4) is 11.3 Å². The molecule has 2 aromatic heterocycles. The van der Waals surface area contributed by atoms with Crippen LogP contribution in [-0.2, 0) is 9.53 Å². The number of hydrogen-bond donors (Lipinski definition) is 3. The van der Waals surface area contributed by atoms with Crippen LogP contribution in [0.5, 0.6) is 0 Å². The van der Waals surface area contributed by atoms with E-state index in [4.69, 9.17) is 9.72 Å². The van der Waals surface area contributed by atoms with Crippen LogP contribution in [0.4, 0.5) is 20.3 Å². The van der Waals surface area contributed by atoms with Gasteiger partial charge in [0.25, 0.3) is 5.92 Å². The van der Waals surface area contributed by atoms with Crippen LogP contribution in [0, 0.1) is 0 Å². The Hall–Kier alpha value is -3.40. The molecule has 2 aliphatic heterocycles. The summed E-state index contributed by atoms with van der Waals surface area (Å²) in [6, 6.07) is 7.28. The Morgan fingerprint density at radius 1 is 1.33 bits per heavy atom. The lowest BCUT2D eigenvalue weighted by molar-refractivity contribution is -0.114. The molecule has 8 nitrogen and oxygen atoms in total. The highest BCUT2D eigenvalue weighted by molar-refractivity contribution is 6.07. The second-order valence-electron chi connectivity index (χ2n) is 8.22. The molecule has 0 spiro atoms. The first-order chi connectivity index (χ1) is 15.7. The van der Waals surface area contributed by atoms with Crippen molar-refractivity contribution in [2.45, 2.75) is 51.8 Å². The molecule has 1 amide bonds. The van der Waals surface area contributed by atoms with Crippen molar-refractivity contribution in [3.05, 3.63) is 47.9 Å². The quantitative estimate of drug-likeness (QED) is 0.622. The topological polar surface area (TPSA) is 101 Å². The number of allylic oxidation sites excluding steroid dienone is 1. The summed E-state index contributed by atoms with van der Waals surface area (Å²) in [7, 11) is 0. The molecule has 2 aliphatic rings. The Labute approximate surface area is 190 Å². The van der Waals surface area contributed by atoms with Crippen LogP contribution in [0.25, 0.3) is 11.3 Å². The van der Waals surface area contributed by atoms with Gasteiger partial charge in [-0.3, -0.25) is 4.79 Å². The highest BCUT2D eigenvalue weighted by Gasteiger charge is 2.35. The lowest BCUT2D eigenvalue weighted by atomic mass is 10.1. The Morgan fingerprint density at radius 3 is 2.85 bits per heavy atom. The molecule has 0 radical (unpaired) electrons. The zero-order chi connectivity index (χ0) is 23.6. The zero-order valence-electron chi connectivity index (χ0n) is 18.7. The van der Waals surface area contributed by atoms with Gasteiger partial charge >= 0.3 is 0 Å². The van der Waals surface area contributed by atoms with Gasteiger partial charge in [0.2, 0.25) is 5.91 Å². The van der Waals surface area contributed by atoms with Crippen molar-refractivity contribution < 1.29 is 18.3 Å². The number of alkyl halides is 2. The fraction of sp³-hybridized carbons (Fsp3) is 0.391. The van der Waals surface area contributed by atoms with Gasteiger partial charge < -0.3 is 20.7 Å². The summed E-state index contributed by atoms with van der Waals surface area (Å²) < 4.78 is 33.6. The molecule has 10 heteroatoms. The summed E-state index contributed by atoms with van der Waals surface area (Å²) in [6.07, 6.45) is 3.66. The number of rotatable bonds is 5. The predicted molar refractivity (Wildman–Crippen MR) is 122 cm³/mol. The van der Waals surface area contributed by atoms with E-state index < -0.39 is 12.1 Å². The number of anilines is 2. The number of nitrogens with one attached hydrogen (secondary N) is 3. The number of ether oxygens (including phenoxy) is 1. The number of nitrogens with zero attached hydrogens (tertiary/aromatic N) is 3. The largest absolute Gasteiger partial charge is 0.372 e. The van der Waals surface area contributed by atoms with E-state index in [-0.39, 0.29) is 17.8 Å². The zero-order valence-corrected chi connectivity index (χ0v) is 18.7. The Morgan fingerprint density at radius 2 is 2.15 bits per heavy atom. The lowest BCUT2D eigenvalue weighted by Crippen LogP contribution is -2.44. The second-order valence-corrected chi connectivity index (χ2v) is 8.22. The normalized spacial score (nSPS) is 20.5. The molecular formula is C23H26F2N6O2. The standard InChI is InChI=1S/C23H26F2N6O2/c1-13-10-21(31-22(27-13)23(3,24)25)30-18-11-20(28-14(2)32)26-12-15(18)16-6-4-7-17(29-16)19-8-5-9-33-19/h4,6-7,10-12,19,22,27H,5,8-9H2,1-3H3,(H2,26,28,30,31,32). The molecule has 33 heavy (non-hydrogen) atoms. The van der Waals surface area contributed by atoms with E-state index in [1.807, 2.05) is 18.2 Å². The lowest BCUT2D eigenvalue weighted by Gasteiger charge is -2.27. The molecule has 3 N–H and O–H groups in total. The number of halogens is 2. The molecule has 0 aliphatic carbocycles. The maximum Gasteiger partial charge on any atom is 0.285 e. The van der Waals surface area contributed by atoms with E-state index in [2.05, 4.69) is 25.9 Å². The molecule has 0 bridgehead atoms. The van der Waals surface area contributed by atoms with Gasteiger partial charge in [-0.1, -0.05) is 6.07 Å². The van der Waals surface area contributed by atoms with Gasteiger partial charge in [-0.25, -0.2) is 23.7 Å². The van der Waals surface area contributed by atoms with E-state index in [1.54, 1.807) is 25.3 Å². The van der Waals surface area contributed by atoms with Crippen molar-refractivity contribution in [2.24, 2.45) is 4.99 Å². The molecule has 2 unspecified atom stereocenters. The van der Waals surface area contributed by atoms with Crippen molar-refractivity contribution in [1.82, 2.24) is 15.3 Å². The van der Waals surface area contributed by atoms with Gasteiger partial charge in [-0.05, 0) is 38.0 Å². The predicted octanol–water partition coefficient (Wildman–Crippen LogP) is 4.25. The number of amides is 1. The number of amidine groups is 1. The molecule has 0 saturated carbocycles. The highest BCUT2D eigenvalue weighted by atomic mass is 19.3. The number of carbonyl (C=O) groups excluding carboxylic acids is 1. The number of hydrogen-bond acceptors (Lipinski definition) is 7. The third-order valence-electron chi connectivity index (χ3n) is 5.24. The van der Waals surface area contributed by atoms with Gasteiger partial charge in [0.1, 0.15) is 11.7 Å². The molecule has 174 valence electrons. The summed E-state index contributed by atoms with van der Waals surface area (Å²) in [5.41, 5.74) is 3.17. The maximum absolute atomic E-state index is 13.9. The van der Waals surface area contributed by atoms with Crippen LogP contribution in [-0.4, -0.2) is 40.4 Å². The molecule has 4 heterocycles. The number of pyridine rings is 2. The SMILES string of the molecule is CC(=O)Nc1cc(NC2=NC(C(C)(F)F)NC(C)=C2)c(-c2cccc(C3CCCO3)n2)cn1. The van der Waals surface area contributed by atoms with Gasteiger partial charge in [0.05, 0.1) is 23.2 Å². The van der Waals surface area contributed by atoms with Gasteiger partial charge in [0, 0.05) is 44.0 Å². The van der Waals surface area contributed by atoms with Crippen molar-refractivity contribution in [1.29, 1.82) is 0 Å². The van der Waals surface area contributed by atoms with E-state index in [1.165, 1.54) is 6.92 Å². The van der Waals surface area contributed by atoms with Crippen LogP contribution in [0.1, 0.15) is 45.4 Å². The number of aliphatic imine (C=N–C) groups is 1. The average molecular weight is 456 g/mol. The Balaban J connectivity index is 1.72. The number of aromatic nitrogens is 2. The van der Waals surface area contributed by atoms with Crippen LogP contribution in [0.3, 0.4) is 0 Å². The smallest absolute Gasteiger partial charge is 0.285 e. The monoisotopic (exact) mass is 456 g/mol. The summed E-state index contributed by atoms with van der Waals surface area (Å²) in [5.74, 6) is -2.76. The van der Waals surface area contributed by atoms with Crippen LogP contribution < -0.4 is 16.0 Å². The van der Waals surface area contributed by atoms with Gasteiger partial charge in [-0.15, -0.1) is 0 Å². The van der Waals surface area contributed by atoms with E-state index >= 15 is 0 Å². The third kappa shape index (κ3) is 5.51. The first-order valence-electron chi connectivity index (χ1n) is 10.7. The molecule has 1 fully saturated rings. The summed E-state index contributed by atoms with van der Waals surface area (Å²) in [6.45, 7) is 4.60. The van der Waals surface area contributed by atoms with Crippen molar-refractivity contribution in [3.63, 3.8) is 0 Å². The average Bonchev–Trinajstić information content (AvgIpc) is 3.28. The first-order valence-corrected chi connectivity index (χ1v) is 10.7. The van der Waals surface area contributed by atoms with E-state index in [0.717, 1.165) is 25.5 Å². The fourth-order valence-corrected chi connectivity index (χ4v) is 3.72. The third-order valence-corrected chi connectivity index (χ3v) is 5.24. The van der Waals surface area contributed by atoms with Crippen LogP contribution in [0.15, 0.2) is 47.2 Å². The molecule has 0 aromatic carbocycles.